The van der Waals surface area contributed by atoms with Gasteiger partial charge in [-0.05, 0) is 51.3 Å². The minimum atomic E-state index is -0.541. The molecule has 2 aliphatic rings. The Labute approximate surface area is 124 Å². The Hall–Kier alpha value is -1.75. The van der Waals surface area contributed by atoms with Crippen molar-refractivity contribution < 1.29 is 19.4 Å². The number of fused-ring (bicyclic) bond motifs is 1. The normalized spacial score (nSPS) is 19.0. The maximum Gasteiger partial charge on any atom is 0.415 e. The molecule has 0 radical (unpaired) electrons. The highest BCUT2D eigenvalue weighted by Crippen LogP contribution is 2.48. The molecule has 0 saturated heterocycles. The summed E-state index contributed by atoms with van der Waals surface area (Å²) in [6, 6.07) is 5.42. The summed E-state index contributed by atoms with van der Waals surface area (Å²) in [6.07, 6.45) is 1.54. The van der Waals surface area contributed by atoms with E-state index in [-0.39, 0.29) is 18.3 Å². The number of aliphatic hydroxyl groups is 1. The summed E-state index contributed by atoms with van der Waals surface area (Å²) in [6.45, 7) is 5.99. The molecule has 1 fully saturated rings. The average Bonchev–Trinajstić information content (AvgIpc) is 3.14. The number of aliphatic hydroxyl groups excluding tert-OH is 1. The summed E-state index contributed by atoms with van der Waals surface area (Å²) >= 11 is 0. The molecular formula is C16H21NO4. The van der Waals surface area contributed by atoms with Crippen molar-refractivity contribution in [2.45, 2.75) is 51.4 Å². The molecule has 1 aliphatic heterocycles. The molecular weight excluding hydrogens is 270 g/mol. The lowest BCUT2D eigenvalue weighted by Gasteiger charge is -2.36. The molecule has 1 amide bonds. The van der Waals surface area contributed by atoms with Crippen LogP contribution >= 0.6 is 0 Å². The van der Waals surface area contributed by atoms with E-state index in [9.17, 15) is 9.90 Å². The first kappa shape index (κ1) is 14.2. The monoisotopic (exact) mass is 291 g/mol. The van der Waals surface area contributed by atoms with Gasteiger partial charge in [-0.3, -0.25) is 4.90 Å². The van der Waals surface area contributed by atoms with Gasteiger partial charge in [0.15, 0.2) is 0 Å². The van der Waals surface area contributed by atoms with Crippen molar-refractivity contribution in [3.8, 4) is 5.75 Å². The molecule has 1 aromatic carbocycles. The summed E-state index contributed by atoms with van der Waals surface area (Å²) in [5.74, 6) is 0.682. The van der Waals surface area contributed by atoms with Crippen LogP contribution in [0.3, 0.4) is 0 Å². The first-order valence-corrected chi connectivity index (χ1v) is 7.25. The zero-order valence-electron chi connectivity index (χ0n) is 12.7. The molecule has 0 atom stereocenters. The highest BCUT2D eigenvalue weighted by molar-refractivity contribution is 5.91. The van der Waals surface area contributed by atoms with E-state index in [1.54, 1.807) is 11.0 Å². The maximum absolute atomic E-state index is 12.5. The lowest BCUT2D eigenvalue weighted by molar-refractivity contribution is 0.0537. The van der Waals surface area contributed by atoms with Crippen molar-refractivity contribution >= 4 is 11.8 Å². The van der Waals surface area contributed by atoms with E-state index in [0.29, 0.717) is 18.0 Å². The highest BCUT2D eigenvalue weighted by Gasteiger charge is 2.51. The fourth-order valence-electron chi connectivity index (χ4n) is 2.48. The zero-order valence-corrected chi connectivity index (χ0v) is 12.7. The molecule has 1 aliphatic carbocycles. The van der Waals surface area contributed by atoms with Crippen LogP contribution in [0.25, 0.3) is 0 Å². The number of carbonyl (C=O) groups is 1. The van der Waals surface area contributed by atoms with Crippen molar-refractivity contribution in [2.75, 3.05) is 11.4 Å². The van der Waals surface area contributed by atoms with E-state index in [2.05, 4.69) is 0 Å². The second kappa shape index (κ2) is 4.63. The number of hydrogen-bond acceptors (Lipinski definition) is 4. The van der Waals surface area contributed by atoms with Gasteiger partial charge in [0.05, 0.1) is 18.8 Å². The van der Waals surface area contributed by atoms with E-state index in [4.69, 9.17) is 9.47 Å². The third-order valence-corrected chi connectivity index (χ3v) is 3.69. The number of benzene rings is 1. The van der Waals surface area contributed by atoms with Crippen LogP contribution in [-0.2, 0) is 11.3 Å². The van der Waals surface area contributed by atoms with E-state index in [1.807, 2.05) is 32.9 Å². The first-order valence-electron chi connectivity index (χ1n) is 7.25. The van der Waals surface area contributed by atoms with Gasteiger partial charge in [0.2, 0.25) is 0 Å². The van der Waals surface area contributed by atoms with Crippen LogP contribution in [0.2, 0.25) is 0 Å². The summed E-state index contributed by atoms with van der Waals surface area (Å²) in [5, 5.41) is 9.29. The standard InChI is InChI=1S/C16H21NO4/c1-15(2,3)21-14(19)17-10-16(6-7-16)20-13-5-4-11(9-18)8-12(13)17/h4-5,8,18H,6-7,9-10H2,1-3H3. The summed E-state index contributed by atoms with van der Waals surface area (Å²) in [4.78, 5) is 14.1. The molecule has 0 aromatic heterocycles. The van der Waals surface area contributed by atoms with Gasteiger partial charge in [-0.1, -0.05) is 6.07 Å². The van der Waals surface area contributed by atoms with Crippen molar-refractivity contribution in [1.29, 1.82) is 0 Å². The molecule has 114 valence electrons. The van der Waals surface area contributed by atoms with Crippen LogP contribution < -0.4 is 9.64 Å². The summed E-state index contributed by atoms with van der Waals surface area (Å²) in [7, 11) is 0. The lowest BCUT2D eigenvalue weighted by atomic mass is 10.1. The number of carbonyl (C=O) groups excluding carboxylic acids is 1. The van der Waals surface area contributed by atoms with E-state index in [1.165, 1.54) is 0 Å². The van der Waals surface area contributed by atoms with Gasteiger partial charge < -0.3 is 14.6 Å². The number of anilines is 1. The smallest absolute Gasteiger partial charge is 0.415 e. The Kier molecular flexibility index (Phi) is 3.13. The SMILES string of the molecule is CC(C)(C)OC(=O)N1CC2(CC2)Oc2ccc(CO)cc21. The van der Waals surface area contributed by atoms with Gasteiger partial charge in [0.25, 0.3) is 0 Å². The molecule has 21 heavy (non-hydrogen) atoms. The molecule has 1 N–H and O–H groups in total. The van der Waals surface area contributed by atoms with E-state index < -0.39 is 5.60 Å². The minimum Gasteiger partial charge on any atom is -0.483 e. The number of amides is 1. The fraction of sp³-hybridized carbons (Fsp3) is 0.562. The second-order valence-electron chi connectivity index (χ2n) is 6.81. The molecule has 1 aromatic rings. The molecule has 1 spiro atoms. The molecule has 1 heterocycles. The lowest BCUT2D eigenvalue weighted by Crippen LogP contribution is -2.47. The number of nitrogens with zero attached hydrogens (tertiary/aromatic N) is 1. The molecule has 3 rings (SSSR count). The molecule has 5 heteroatoms. The third-order valence-electron chi connectivity index (χ3n) is 3.69. The van der Waals surface area contributed by atoms with Gasteiger partial charge in [-0.25, -0.2) is 4.79 Å². The van der Waals surface area contributed by atoms with Crippen LogP contribution in [-0.4, -0.2) is 28.9 Å². The fourth-order valence-corrected chi connectivity index (χ4v) is 2.48. The highest BCUT2D eigenvalue weighted by atomic mass is 16.6. The quantitative estimate of drug-likeness (QED) is 0.864. The first-order chi connectivity index (χ1) is 9.82. The Bertz CT molecular complexity index is 572. The Morgan fingerprint density at radius 2 is 2.14 bits per heavy atom. The van der Waals surface area contributed by atoms with Crippen molar-refractivity contribution in [1.82, 2.24) is 0 Å². The Morgan fingerprint density at radius 1 is 1.43 bits per heavy atom. The molecule has 0 unspecified atom stereocenters. The minimum absolute atomic E-state index is 0.0689. The largest absolute Gasteiger partial charge is 0.483 e. The second-order valence-corrected chi connectivity index (χ2v) is 6.81. The van der Waals surface area contributed by atoms with Gasteiger partial charge in [0, 0.05) is 0 Å². The Balaban J connectivity index is 1.94. The van der Waals surface area contributed by atoms with Crippen molar-refractivity contribution in [3.63, 3.8) is 0 Å². The molecule has 5 nitrogen and oxygen atoms in total. The van der Waals surface area contributed by atoms with Crippen LogP contribution in [0.4, 0.5) is 10.5 Å². The maximum atomic E-state index is 12.5. The van der Waals surface area contributed by atoms with E-state index in [0.717, 1.165) is 18.4 Å². The molecule has 1 saturated carbocycles. The van der Waals surface area contributed by atoms with Crippen LogP contribution in [0.1, 0.15) is 39.2 Å². The number of rotatable bonds is 1. The summed E-state index contributed by atoms with van der Waals surface area (Å²) < 4.78 is 11.5. The predicted octanol–water partition coefficient (Wildman–Crippen LogP) is 2.85. The van der Waals surface area contributed by atoms with Gasteiger partial charge in [-0.15, -0.1) is 0 Å². The van der Waals surface area contributed by atoms with Crippen molar-refractivity contribution in [3.05, 3.63) is 23.8 Å². The predicted molar refractivity (Wildman–Crippen MR) is 78.5 cm³/mol. The Morgan fingerprint density at radius 3 is 2.71 bits per heavy atom. The average molecular weight is 291 g/mol. The summed E-state index contributed by atoms with van der Waals surface area (Å²) in [5.41, 5.74) is 0.636. The van der Waals surface area contributed by atoms with E-state index >= 15 is 0 Å². The van der Waals surface area contributed by atoms with Crippen LogP contribution in [0.5, 0.6) is 5.75 Å². The topological polar surface area (TPSA) is 59.0 Å². The number of hydrogen-bond donors (Lipinski definition) is 1. The van der Waals surface area contributed by atoms with Gasteiger partial charge >= 0.3 is 6.09 Å². The number of ether oxygens (including phenoxy) is 2. The van der Waals surface area contributed by atoms with Crippen LogP contribution in [0.15, 0.2) is 18.2 Å². The van der Waals surface area contributed by atoms with Gasteiger partial charge in [-0.2, -0.15) is 0 Å². The third kappa shape index (κ3) is 2.83. The zero-order chi connectivity index (χ0) is 15.3. The van der Waals surface area contributed by atoms with Gasteiger partial charge in [0.1, 0.15) is 17.0 Å². The van der Waals surface area contributed by atoms with Crippen molar-refractivity contribution in [2.24, 2.45) is 0 Å². The van der Waals surface area contributed by atoms with Crippen LogP contribution in [0, 0.1) is 0 Å². The molecule has 0 bridgehead atoms.